The lowest BCUT2D eigenvalue weighted by atomic mass is 9.84. The Balaban J connectivity index is 2.17. The highest BCUT2D eigenvalue weighted by Crippen LogP contribution is 2.43. The maximum atomic E-state index is 11.5. The summed E-state index contributed by atoms with van der Waals surface area (Å²) < 4.78 is 6.03. The molecule has 1 aromatic carbocycles. The smallest absolute Gasteiger partial charge is 0.154 e. The topological polar surface area (TPSA) is 83.8 Å². The third-order valence-corrected chi connectivity index (χ3v) is 5.34. The lowest BCUT2D eigenvalue weighted by molar-refractivity contribution is -0.0595. The van der Waals surface area contributed by atoms with Crippen molar-refractivity contribution in [3.8, 4) is 11.5 Å². The van der Waals surface area contributed by atoms with E-state index in [9.17, 15) is 19.8 Å². The van der Waals surface area contributed by atoms with Crippen LogP contribution < -0.4 is 4.74 Å². The number of hydrogen-bond donors (Lipinski definition) is 2. The molecule has 1 aliphatic heterocycles. The summed E-state index contributed by atoms with van der Waals surface area (Å²) in [6.45, 7) is 8.06. The van der Waals surface area contributed by atoms with Crippen molar-refractivity contribution < 1.29 is 24.5 Å². The van der Waals surface area contributed by atoms with Gasteiger partial charge in [-0.1, -0.05) is 23.3 Å². The molecule has 152 valence electrons. The van der Waals surface area contributed by atoms with Gasteiger partial charge in [0.15, 0.2) is 12.6 Å². The fourth-order valence-electron chi connectivity index (χ4n) is 3.48. The fraction of sp³-hybridized carbons (Fsp3) is 0.478. The van der Waals surface area contributed by atoms with Crippen LogP contribution in [-0.2, 0) is 6.42 Å². The van der Waals surface area contributed by atoms with Crippen molar-refractivity contribution >= 4 is 12.6 Å². The number of phenols is 1. The fourth-order valence-corrected chi connectivity index (χ4v) is 3.48. The largest absolute Gasteiger partial charge is 0.508 e. The first-order chi connectivity index (χ1) is 13.2. The van der Waals surface area contributed by atoms with Crippen LogP contribution in [0.25, 0.3) is 0 Å². The Morgan fingerprint density at radius 1 is 1.21 bits per heavy atom. The van der Waals surface area contributed by atoms with E-state index in [4.69, 9.17) is 4.74 Å². The lowest BCUT2D eigenvalue weighted by Crippen LogP contribution is -2.49. The van der Waals surface area contributed by atoms with E-state index in [-0.39, 0.29) is 29.0 Å². The molecule has 5 heteroatoms. The van der Waals surface area contributed by atoms with E-state index in [0.29, 0.717) is 24.6 Å². The monoisotopic (exact) mass is 386 g/mol. The van der Waals surface area contributed by atoms with E-state index >= 15 is 0 Å². The van der Waals surface area contributed by atoms with Crippen LogP contribution in [0, 0.1) is 0 Å². The van der Waals surface area contributed by atoms with E-state index < -0.39 is 11.7 Å². The number of fused-ring (bicyclic) bond motifs is 1. The van der Waals surface area contributed by atoms with Crippen LogP contribution in [0.2, 0.25) is 0 Å². The van der Waals surface area contributed by atoms with Crippen molar-refractivity contribution in [1.29, 1.82) is 0 Å². The summed E-state index contributed by atoms with van der Waals surface area (Å²) in [6, 6.07) is 1.24. The number of carbonyl (C=O) groups is 2. The predicted molar refractivity (Wildman–Crippen MR) is 109 cm³/mol. The van der Waals surface area contributed by atoms with Gasteiger partial charge in [-0.05, 0) is 59.4 Å². The van der Waals surface area contributed by atoms with Crippen molar-refractivity contribution in [3.63, 3.8) is 0 Å². The summed E-state index contributed by atoms with van der Waals surface area (Å²) >= 11 is 0. The molecule has 0 bridgehead atoms. The molecule has 5 nitrogen and oxygen atoms in total. The summed E-state index contributed by atoms with van der Waals surface area (Å²) in [5.41, 5.74) is 2.25. The van der Waals surface area contributed by atoms with Gasteiger partial charge >= 0.3 is 0 Å². The molecule has 2 unspecified atom stereocenters. The Labute approximate surface area is 166 Å². The number of carbonyl (C=O) groups excluding carboxylic acids is 2. The average molecular weight is 386 g/mol. The Morgan fingerprint density at radius 2 is 1.93 bits per heavy atom. The zero-order chi connectivity index (χ0) is 20.9. The molecule has 0 radical (unpaired) electrons. The highest BCUT2D eigenvalue weighted by molar-refractivity contribution is 5.94. The highest BCUT2D eigenvalue weighted by atomic mass is 16.5. The second kappa shape index (κ2) is 9.20. The first kappa shape index (κ1) is 21.9. The highest BCUT2D eigenvalue weighted by Gasteiger charge is 2.41. The zero-order valence-corrected chi connectivity index (χ0v) is 17.1. The molecule has 2 N–H and O–H groups in total. The van der Waals surface area contributed by atoms with Crippen LogP contribution in [0.5, 0.6) is 11.5 Å². The Kier molecular flexibility index (Phi) is 7.19. The van der Waals surface area contributed by atoms with Gasteiger partial charge in [-0.3, -0.25) is 9.59 Å². The normalized spacial score (nSPS) is 21.5. The average Bonchev–Trinajstić information content (AvgIpc) is 2.63. The molecule has 0 fully saturated rings. The molecule has 1 heterocycles. The quantitative estimate of drug-likeness (QED) is 0.506. The van der Waals surface area contributed by atoms with E-state index in [1.165, 1.54) is 17.2 Å². The van der Waals surface area contributed by atoms with Crippen LogP contribution in [0.1, 0.15) is 79.7 Å². The van der Waals surface area contributed by atoms with Gasteiger partial charge in [-0.15, -0.1) is 0 Å². The second-order valence-corrected chi connectivity index (χ2v) is 7.99. The molecule has 0 spiro atoms. The summed E-state index contributed by atoms with van der Waals surface area (Å²) in [6.07, 6.45) is 8.05. The van der Waals surface area contributed by atoms with Gasteiger partial charge in [0.2, 0.25) is 0 Å². The van der Waals surface area contributed by atoms with Gasteiger partial charge in [0.1, 0.15) is 17.1 Å². The summed E-state index contributed by atoms with van der Waals surface area (Å²) in [7, 11) is 0. The number of benzene rings is 1. The minimum atomic E-state index is -0.907. The molecule has 1 aliphatic rings. The first-order valence-corrected chi connectivity index (χ1v) is 9.67. The Hall–Kier alpha value is -2.40. The van der Waals surface area contributed by atoms with Gasteiger partial charge in [0.05, 0.1) is 11.7 Å². The van der Waals surface area contributed by atoms with Crippen LogP contribution in [0.4, 0.5) is 0 Å². The minimum Gasteiger partial charge on any atom is -0.508 e. The van der Waals surface area contributed by atoms with Gasteiger partial charge < -0.3 is 14.9 Å². The number of hydrogen-bond acceptors (Lipinski definition) is 5. The zero-order valence-electron chi connectivity index (χ0n) is 17.1. The molecular weight excluding hydrogens is 356 g/mol. The van der Waals surface area contributed by atoms with E-state index in [2.05, 4.69) is 32.9 Å². The lowest BCUT2D eigenvalue weighted by Gasteiger charge is -2.40. The molecule has 0 aromatic heterocycles. The third-order valence-electron chi connectivity index (χ3n) is 5.34. The molecule has 0 aliphatic carbocycles. The van der Waals surface area contributed by atoms with E-state index in [1.807, 2.05) is 0 Å². The standard InChI is InChI=1S/C23H30O5/c1-15(2)7-5-8-16(3)9-6-10-23(4)21(27)12-18-20(26)11-17(13-24)19(14-25)22(18)28-23/h7,9,11,13-14,21,26-27H,5-6,8,10,12H2,1-4H3. The molecule has 2 atom stereocenters. The maximum absolute atomic E-state index is 11.5. The van der Waals surface area contributed by atoms with Crippen LogP contribution >= 0.6 is 0 Å². The van der Waals surface area contributed by atoms with Gasteiger partial charge in [-0.25, -0.2) is 0 Å². The van der Waals surface area contributed by atoms with Crippen LogP contribution in [0.15, 0.2) is 29.4 Å². The number of aromatic hydroxyl groups is 1. The number of allylic oxidation sites excluding steroid dienone is 4. The predicted octanol–water partition coefficient (Wildman–Crippen LogP) is 4.54. The Morgan fingerprint density at radius 3 is 2.54 bits per heavy atom. The number of aliphatic hydroxyl groups is 1. The van der Waals surface area contributed by atoms with E-state index in [0.717, 1.165) is 19.3 Å². The first-order valence-electron chi connectivity index (χ1n) is 9.67. The molecular formula is C23H30O5. The number of ether oxygens (including phenoxy) is 1. The minimum absolute atomic E-state index is 0.0833. The van der Waals surface area contributed by atoms with Gasteiger partial charge in [0.25, 0.3) is 0 Å². The summed E-state index contributed by atoms with van der Waals surface area (Å²) in [5, 5.41) is 20.8. The summed E-state index contributed by atoms with van der Waals surface area (Å²) in [5.74, 6) is 0.0629. The van der Waals surface area contributed by atoms with Crippen molar-refractivity contribution in [1.82, 2.24) is 0 Å². The molecule has 0 amide bonds. The number of aliphatic hydroxyl groups excluding tert-OH is 1. The number of rotatable bonds is 8. The van der Waals surface area contributed by atoms with Crippen molar-refractivity contribution in [2.24, 2.45) is 0 Å². The molecule has 0 saturated heterocycles. The van der Waals surface area contributed by atoms with Crippen molar-refractivity contribution in [2.45, 2.75) is 71.5 Å². The number of aldehydes is 2. The molecule has 0 saturated carbocycles. The van der Waals surface area contributed by atoms with Crippen LogP contribution in [0.3, 0.4) is 0 Å². The SMILES string of the molecule is CC(C)=CCCC(C)=CCCC1(C)Oc2c(C=O)c(C=O)cc(O)c2CC1O. The second-order valence-electron chi connectivity index (χ2n) is 7.99. The Bertz CT molecular complexity index is 802. The maximum Gasteiger partial charge on any atom is 0.154 e. The van der Waals surface area contributed by atoms with Gasteiger partial charge in [0, 0.05) is 17.5 Å². The molecule has 2 rings (SSSR count). The van der Waals surface area contributed by atoms with Crippen molar-refractivity contribution in [3.05, 3.63) is 46.1 Å². The number of phenolic OH excluding ortho intramolecular Hbond substituents is 1. The van der Waals surface area contributed by atoms with Gasteiger partial charge in [-0.2, -0.15) is 0 Å². The third kappa shape index (κ3) is 4.90. The van der Waals surface area contributed by atoms with Crippen molar-refractivity contribution in [2.75, 3.05) is 0 Å². The molecule has 1 aromatic rings. The summed E-state index contributed by atoms with van der Waals surface area (Å²) in [4.78, 5) is 22.8. The van der Waals surface area contributed by atoms with Crippen LogP contribution in [-0.4, -0.2) is 34.5 Å². The molecule has 28 heavy (non-hydrogen) atoms. The van der Waals surface area contributed by atoms with E-state index in [1.54, 1.807) is 6.92 Å².